The third-order valence-corrected chi connectivity index (χ3v) is 6.50. The quantitative estimate of drug-likeness (QED) is 0.219. The number of fused-ring (bicyclic) bond motifs is 1. The lowest BCUT2D eigenvalue weighted by Crippen LogP contribution is -2.44. The van der Waals surface area contributed by atoms with E-state index in [1.807, 2.05) is 17.0 Å². The van der Waals surface area contributed by atoms with Crippen molar-refractivity contribution in [3.8, 4) is 17.2 Å². The molecule has 0 radical (unpaired) electrons. The van der Waals surface area contributed by atoms with E-state index >= 15 is 0 Å². The number of nitrogens with one attached hydrogen (secondary N) is 1. The first-order valence-corrected chi connectivity index (χ1v) is 11.9. The molecule has 8 nitrogen and oxygen atoms in total. The number of anilines is 1. The van der Waals surface area contributed by atoms with Gasteiger partial charge >= 0.3 is 6.18 Å². The number of nitro benzene ring substituents is 1. The van der Waals surface area contributed by atoms with Crippen LogP contribution in [-0.4, -0.2) is 42.3 Å². The largest absolute Gasteiger partial charge is 0.493 e. The number of non-ortho nitro benzene ring substituents is 1. The lowest BCUT2D eigenvalue weighted by atomic mass is 9.92. The molecule has 0 saturated carbocycles. The highest BCUT2D eigenvalue weighted by Crippen LogP contribution is 2.39. The maximum absolute atomic E-state index is 13.2. The van der Waals surface area contributed by atoms with Crippen LogP contribution in [0.4, 0.5) is 24.5 Å². The molecule has 1 unspecified atom stereocenters. The molecule has 1 aliphatic rings. The molecule has 3 aromatic rings. The molecule has 1 heterocycles. The number of hydrogen-bond donors (Lipinski definition) is 1. The number of halogens is 3. The Labute approximate surface area is 222 Å². The highest BCUT2D eigenvalue weighted by Gasteiger charge is 2.33. The minimum absolute atomic E-state index is 0.00806. The molecule has 0 aliphatic carbocycles. The molecule has 12 heteroatoms. The van der Waals surface area contributed by atoms with Gasteiger partial charge in [-0.15, -0.1) is 0 Å². The number of nitro groups is 1. The van der Waals surface area contributed by atoms with Crippen LogP contribution in [0.15, 0.2) is 60.7 Å². The molecule has 1 N–H and O–H groups in total. The summed E-state index contributed by atoms with van der Waals surface area (Å²) in [6.07, 6.45) is -3.89. The fourth-order valence-electron chi connectivity index (χ4n) is 4.25. The number of rotatable bonds is 7. The Morgan fingerprint density at radius 3 is 2.42 bits per heavy atom. The van der Waals surface area contributed by atoms with Gasteiger partial charge in [-0.3, -0.25) is 10.1 Å². The summed E-state index contributed by atoms with van der Waals surface area (Å²) in [5.74, 6) is 1.12. The van der Waals surface area contributed by atoms with Gasteiger partial charge in [-0.2, -0.15) is 13.2 Å². The van der Waals surface area contributed by atoms with Gasteiger partial charge in [0.1, 0.15) is 12.4 Å². The molecule has 1 aliphatic heterocycles. The summed E-state index contributed by atoms with van der Waals surface area (Å²) in [5, 5.41) is 14.4. The van der Waals surface area contributed by atoms with E-state index < -0.39 is 22.7 Å². The molecule has 4 rings (SSSR count). The van der Waals surface area contributed by atoms with Crippen molar-refractivity contribution in [3.63, 3.8) is 0 Å². The molecule has 1 atom stereocenters. The minimum atomic E-state index is -4.50. The van der Waals surface area contributed by atoms with Gasteiger partial charge < -0.3 is 24.4 Å². The highest BCUT2D eigenvalue weighted by atomic mass is 32.1. The Morgan fingerprint density at radius 2 is 1.79 bits per heavy atom. The zero-order chi connectivity index (χ0) is 27.4. The van der Waals surface area contributed by atoms with E-state index in [4.69, 9.17) is 26.4 Å². The average Bonchev–Trinajstić information content (AvgIpc) is 2.90. The zero-order valence-corrected chi connectivity index (χ0v) is 21.3. The third kappa shape index (κ3) is 5.91. The number of nitrogens with zero attached hydrogens (tertiary/aromatic N) is 2. The maximum Gasteiger partial charge on any atom is 0.416 e. The number of methoxy groups -OCH3 is 2. The van der Waals surface area contributed by atoms with Gasteiger partial charge in [0.15, 0.2) is 16.6 Å². The van der Waals surface area contributed by atoms with Crippen LogP contribution in [0.3, 0.4) is 0 Å². The fourth-order valence-corrected chi connectivity index (χ4v) is 4.59. The van der Waals surface area contributed by atoms with E-state index in [-0.39, 0.29) is 18.0 Å². The summed E-state index contributed by atoms with van der Waals surface area (Å²) in [6.45, 7) is 0.476. The van der Waals surface area contributed by atoms with Crippen LogP contribution in [0.1, 0.15) is 22.7 Å². The summed E-state index contributed by atoms with van der Waals surface area (Å²) in [5.41, 5.74) is 1.49. The van der Waals surface area contributed by atoms with Crippen LogP contribution in [0, 0.1) is 10.1 Å². The van der Waals surface area contributed by atoms with Gasteiger partial charge in [0.25, 0.3) is 5.69 Å². The molecule has 0 spiro atoms. The smallest absolute Gasteiger partial charge is 0.416 e. The van der Waals surface area contributed by atoms with Crippen LogP contribution in [0.2, 0.25) is 0 Å². The van der Waals surface area contributed by atoms with Crippen molar-refractivity contribution < 1.29 is 32.3 Å². The van der Waals surface area contributed by atoms with Crippen LogP contribution in [-0.2, 0) is 12.6 Å². The first-order valence-electron chi connectivity index (χ1n) is 11.5. The average molecular weight is 548 g/mol. The van der Waals surface area contributed by atoms with Gasteiger partial charge in [-0.05, 0) is 72.2 Å². The highest BCUT2D eigenvalue weighted by molar-refractivity contribution is 7.80. The SMILES string of the molecule is COc1cc2c(cc1OC)C(COc1cccc(C(F)(F)F)c1)N(C(=S)Nc1ccc([N+](=O)[O-])cc1)CC2. The maximum atomic E-state index is 13.2. The molecule has 0 aromatic heterocycles. The Balaban J connectivity index is 1.63. The lowest BCUT2D eigenvalue weighted by Gasteiger charge is -2.39. The number of hydrogen-bond acceptors (Lipinski definition) is 6. The van der Waals surface area contributed by atoms with Crippen LogP contribution >= 0.6 is 12.2 Å². The van der Waals surface area contributed by atoms with E-state index in [1.54, 1.807) is 12.1 Å². The van der Waals surface area contributed by atoms with E-state index in [2.05, 4.69) is 5.32 Å². The normalized spacial score (nSPS) is 14.9. The monoisotopic (exact) mass is 547 g/mol. The van der Waals surface area contributed by atoms with Gasteiger partial charge in [0, 0.05) is 24.4 Å². The summed E-state index contributed by atoms with van der Waals surface area (Å²) in [4.78, 5) is 12.3. The van der Waals surface area contributed by atoms with Crippen molar-refractivity contribution in [1.82, 2.24) is 4.90 Å². The van der Waals surface area contributed by atoms with E-state index in [9.17, 15) is 23.3 Å². The molecular weight excluding hydrogens is 523 g/mol. The molecule has 38 heavy (non-hydrogen) atoms. The molecule has 3 aromatic carbocycles. The Bertz CT molecular complexity index is 1330. The summed E-state index contributed by atoms with van der Waals surface area (Å²) < 4.78 is 56.4. The van der Waals surface area contributed by atoms with Gasteiger partial charge in [0.2, 0.25) is 0 Å². The standard InChI is InChI=1S/C26H24F3N3O5S/c1-35-23-12-16-10-11-31(25(38)30-18-6-8-19(9-7-18)32(33)34)22(21(16)14-24(23)36-2)15-37-20-5-3-4-17(13-20)26(27,28)29/h3-9,12-14,22H,10-11,15H2,1-2H3,(H,30,38). The van der Waals surface area contributed by atoms with Crippen molar-refractivity contribution in [2.45, 2.75) is 18.6 Å². The fraction of sp³-hybridized carbons (Fsp3) is 0.269. The second kappa shape index (κ2) is 11.1. The second-order valence-corrected chi connectivity index (χ2v) is 8.82. The molecule has 0 amide bonds. The molecular formula is C26H24F3N3O5S. The van der Waals surface area contributed by atoms with Crippen LogP contribution in [0.25, 0.3) is 0 Å². The summed E-state index contributed by atoms with van der Waals surface area (Å²) in [7, 11) is 3.05. The number of alkyl halides is 3. The Kier molecular flexibility index (Phi) is 7.91. The van der Waals surface area contributed by atoms with Crippen molar-refractivity contribution >= 4 is 28.7 Å². The number of benzene rings is 3. The molecule has 0 fully saturated rings. The molecule has 200 valence electrons. The predicted octanol–water partition coefficient (Wildman–Crippen LogP) is 6.01. The number of ether oxygens (including phenoxy) is 3. The van der Waals surface area contributed by atoms with Crippen molar-refractivity contribution in [2.75, 3.05) is 32.7 Å². The van der Waals surface area contributed by atoms with E-state index in [0.29, 0.717) is 35.3 Å². The summed E-state index contributed by atoms with van der Waals surface area (Å²) >= 11 is 5.68. The summed E-state index contributed by atoms with van der Waals surface area (Å²) in [6, 6.07) is 13.7. The predicted molar refractivity (Wildman–Crippen MR) is 139 cm³/mol. The van der Waals surface area contributed by atoms with Crippen LogP contribution < -0.4 is 19.5 Å². The van der Waals surface area contributed by atoms with Crippen molar-refractivity contribution in [1.29, 1.82) is 0 Å². The zero-order valence-electron chi connectivity index (χ0n) is 20.4. The molecule has 0 saturated heterocycles. The van der Waals surface area contributed by atoms with E-state index in [0.717, 1.165) is 23.3 Å². The van der Waals surface area contributed by atoms with Crippen molar-refractivity contribution in [2.24, 2.45) is 0 Å². The minimum Gasteiger partial charge on any atom is -0.493 e. The Hall–Kier alpha value is -4.06. The van der Waals surface area contributed by atoms with Gasteiger partial charge in [-0.1, -0.05) is 6.07 Å². The van der Waals surface area contributed by atoms with E-state index in [1.165, 1.54) is 38.5 Å². The molecule has 0 bridgehead atoms. The van der Waals surface area contributed by atoms with Gasteiger partial charge in [-0.25, -0.2) is 0 Å². The Morgan fingerprint density at radius 1 is 1.11 bits per heavy atom. The second-order valence-electron chi connectivity index (χ2n) is 8.44. The van der Waals surface area contributed by atoms with Crippen molar-refractivity contribution in [3.05, 3.63) is 87.5 Å². The first kappa shape index (κ1) is 27.0. The first-order chi connectivity index (χ1) is 18.1. The third-order valence-electron chi connectivity index (χ3n) is 6.16. The van der Waals surface area contributed by atoms with Gasteiger partial charge in [0.05, 0.1) is 30.7 Å². The topological polar surface area (TPSA) is 86.1 Å². The lowest BCUT2D eigenvalue weighted by molar-refractivity contribution is -0.384. The number of thiocarbonyl (C=S) groups is 1. The van der Waals surface area contributed by atoms with Crippen LogP contribution in [0.5, 0.6) is 17.2 Å².